The van der Waals surface area contributed by atoms with E-state index in [9.17, 15) is 4.79 Å². The number of hydrogen-bond donors (Lipinski definition) is 2. The summed E-state index contributed by atoms with van der Waals surface area (Å²) in [7, 11) is 0. The summed E-state index contributed by atoms with van der Waals surface area (Å²) in [5.74, 6) is 0.222. The Hall–Kier alpha value is -2.69. The molecule has 0 unspecified atom stereocenters. The normalized spacial score (nSPS) is 10.7. The zero-order valence-corrected chi connectivity index (χ0v) is 9.42. The van der Waals surface area contributed by atoms with E-state index in [0.717, 1.165) is 0 Å². The summed E-state index contributed by atoms with van der Waals surface area (Å²) in [5, 5.41) is 0. The van der Waals surface area contributed by atoms with Crippen LogP contribution in [0.25, 0.3) is 11.2 Å². The maximum atomic E-state index is 12.2. The lowest BCUT2D eigenvalue weighted by molar-refractivity contribution is 0.103. The lowest BCUT2D eigenvalue weighted by atomic mass is 10.1. The number of ketones is 1. The number of carbonyl (C=O) groups excluding carboxylic acids is 1. The van der Waals surface area contributed by atoms with E-state index in [1.54, 1.807) is 18.2 Å². The molecule has 0 radical (unpaired) electrons. The van der Waals surface area contributed by atoms with Crippen LogP contribution in [0.2, 0.25) is 0 Å². The molecule has 3 rings (SSSR count). The van der Waals surface area contributed by atoms with Crippen molar-refractivity contribution in [1.82, 2.24) is 15.0 Å². The number of fused-ring (bicyclic) bond motifs is 1. The first-order chi connectivity index (χ1) is 8.74. The molecule has 0 atom stereocenters. The number of benzene rings is 1. The molecule has 5 heteroatoms. The second kappa shape index (κ2) is 3.96. The molecule has 0 aliphatic carbocycles. The van der Waals surface area contributed by atoms with E-state index in [0.29, 0.717) is 28.2 Å². The highest BCUT2D eigenvalue weighted by Crippen LogP contribution is 2.14. The zero-order valence-electron chi connectivity index (χ0n) is 9.42. The number of hydrogen-bond acceptors (Lipinski definition) is 4. The number of rotatable bonds is 2. The highest BCUT2D eigenvalue weighted by molar-refractivity contribution is 6.09. The van der Waals surface area contributed by atoms with E-state index < -0.39 is 0 Å². The van der Waals surface area contributed by atoms with Gasteiger partial charge in [-0.15, -0.1) is 0 Å². The Morgan fingerprint density at radius 1 is 1.17 bits per heavy atom. The van der Waals surface area contributed by atoms with Gasteiger partial charge in [-0.3, -0.25) is 4.79 Å². The summed E-state index contributed by atoms with van der Waals surface area (Å²) in [4.78, 5) is 23.1. The van der Waals surface area contributed by atoms with Gasteiger partial charge in [-0.1, -0.05) is 30.3 Å². The molecular weight excluding hydrogens is 228 g/mol. The van der Waals surface area contributed by atoms with Crippen molar-refractivity contribution in [2.75, 3.05) is 5.73 Å². The number of nitrogens with one attached hydrogen (secondary N) is 1. The smallest absolute Gasteiger partial charge is 0.200 e. The monoisotopic (exact) mass is 238 g/mol. The average Bonchev–Trinajstić information content (AvgIpc) is 2.78. The number of pyridine rings is 1. The van der Waals surface area contributed by atoms with Gasteiger partial charge < -0.3 is 10.7 Å². The van der Waals surface area contributed by atoms with Gasteiger partial charge in [0.1, 0.15) is 0 Å². The SMILES string of the molecule is Nc1nc2ncc(C(=O)c3ccccc3)cc2[nH]1. The first-order valence-corrected chi connectivity index (χ1v) is 5.45. The second-order valence-electron chi connectivity index (χ2n) is 3.91. The fraction of sp³-hybridized carbons (Fsp3) is 0. The number of aromatic nitrogens is 3. The van der Waals surface area contributed by atoms with Crippen molar-refractivity contribution < 1.29 is 4.79 Å². The summed E-state index contributed by atoms with van der Waals surface area (Å²) in [6.07, 6.45) is 1.51. The molecule has 0 saturated heterocycles. The van der Waals surface area contributed by atoms with Gasteiger partial charge in [-0.05, 0) is 6.07 Å². The minimum absolute atomic E-state index is 0.0711. The van der Waals surface area contributed by atoms with E-state index in [-0.39, 0.29) is 5.78 Å². The Bertz CT molecular complexity index is 718. The first-order valence-electron chi connectivity index (χ1n) is 5.45. The maximum absolute atomic E-state index is 12.2. The van der Waals surface area contributed by atoms with Crippen LogP contribution in [0, 0.1) is 0 Å². The Kier molecular flexibility index (Phi) is 2.30. The molecule has 0 saturated carbocycles. The van der Waals surface area contributed by atoms with Crippen LogP contribution >= 0.6 is 0 Å². The predicted octanol–water partition coefficient (Wildman–Crippen LogP) is 1.77. The van der Waals surface area contributed by atoms with Crippen LogP contribution in [0.15, 0.2) is 42.6 Å². The molecule has 3 aromatic rings. The summed E-state index contributed by atoms with van der Waals surface area (Å²) < 4.78 is 0. The van der Waals surface area contributed by atoms with Gasteiger partial charge in [0.05, 0.1) is 5.52 Å². The molecule has 0 amide bonds. The Labute approximate surface area is 103 Å². The van der Waals surface area contributed by atoms with E-state index in [1.165, 1.54) is 6.20 Å². The lowest BCUT2D eigenvalue weighted by Crippen LogP contribution is -2.01. The number of imidazole rings is 1. The van der Waals surface area contributed by atoms with E-state index in [4.69, 9.17) is 5.73 Å². The Morgan fingerprint density at radius 3 is 2.72 bits per heavy atom. The van der Waals surface area contributed by atoms with Crippen LogP contribution in [0.5, 0.6) is 0 Å². The Morgan fingerprint density at radius 2 is 1.94 bits per heavy atom. The van der Waals surface area contributed by atoms with Gasteiger partial charge in [0.25, 0.3) is 0 Å². The third kappa shape index (κ3) is 1.71. The van der Waals surface area contributed by atoms with Gasteiger partial charge >= 0.3 is 0 Å². The quantitative estimate of drug-likeness (QED) is 0.666. The molecule has 3 N–H and O–H groups in total. The molecule has 0 fully saturated rings. The topological polar surface area (TPSA) is 84.7 Å². The van der Waals surface area contributed by atoms with Gasteiger partial charge in [0.2, 0.25) is 0 Å². The van der Waals surface area contributed by atoms with Gasteiger partial charge in [0, 0.05) is 17.3 Å². The molecule has 0 bridgehead atoms. The zero-order chi connectivity index (χ0) is 12.5. The van der Waals surface area contributed by atoms with Crippen LogP contribution in [0.4, 0.5) is 5.95 Å². The number of H-pyrrole nitrogens is 1. The molecular formula is C13H10N4O. The third-order valence-corrected chi connectivity index (χ3v) is 2.65. The van der Waals surface area contributed by atoms with Crippen LogP contribution in [-0.4, -0.2) is 20.7 Å². The second-order valence-corrected chi connectivity index (χ2v) is 3.91. The predicted molar refractivity (Wildman–Crippen MR) is 68.2 cm³/mol. The van der Waals surface area contributed by atoms with Crippen LogP contribution in [-0.2, 0) is 0 Å². The summed E-state index contributed by atoms with van der Waals surface area (Å²) >= 11 is 0. The van der Waals surface area contributed by atoms with E-state index in [1.807, 2.05) is 18.2 Å². The molecule has 2 heterocycles. The van der Waals surface area contributed by atoms with Crippen molar-refractivity contribution in [3.63, 3.8) is 0 Å². The first kappa shape index (κ1) is 10.5. The van der Waals surface area contributed by atoms with Crippen LogP contribution < -0.4 is 5.73 Å². The van der Waals surface area contributed by atoms with Crippen LogP contribution in [0.1, 0.15) is 15.9 Å². The van der Waals surface area contributed by atoms with Crippen molar-refractivity contribution in [3.05, 3.63) is 53.7 Å². The molecule has 5 nitrogen and oxygen atoms in total. The maximum Gasteiger partial charge on any atom is 0.200 e. The Balaban J connectivity index is 2.06. The van der Waals surface area contributed by atoms with Crippen molar-refractivity contribution >= 4 is 22.9 Å². The third-order valence-electron chi connectivity index (χ3n) is 2.65. The average molecular weight is 238 g/mol. The molecule has 0 aliphatic heterocycles. The number of nitrogens with two attached hydrogens (primary N) is 1. The summed E-state index contributed by atoms with van der Waals surface area (Å²) in [5.41, 5.74) is 7.85. The number of nitrogen functional groups attached to an aromatic ring is 1. The number of anilines is 1. The number of aromatic amines is 1. The summed E-state index contributed by atoms with van der Waals surface area (Å²) in [6, 6.07) is 10.8. The number of carbonyl (C=O) groups is 1. The van der Waals surface area contributed by atoms with Crippen molar-refractivity contribution in [1.29, 1.82) is 0 Å². The van der Waals surface area contributed by atoms with E-state index in [2.05, 4.69) is 15.0 Å². The largest absolute Gasteiger partial charge is 0.369 e. The van der Waals surface area contributed by atoms with Crippen molar-refractivity contribution in [2.45, 2.75) is 0 Å². The fourth-order valence-electron chi connectivity index (χ4n) is 1.80. The van der Waals surface area contributed by atoms with Gasteiger partial charge in [0.15, 0.2) is 17.4 Å². The number of nitrogens with zero attached hydrogens (tertiary/aromatic N) is 2. The standard InChI is InChI=1S/C13H10N4O/c14-13-16-10-6-9(7-15-12(10)17-13)11(18)8-4-2-1-3-5-8/h1-7H,(H3,14,15,16,17). The minimum atomic E-state index is -0.0711. The van der Waals surface area contributed by atoms with E-state index >= 15 is 0 Å². The fourth-order valence-corrected chi connectivity index (χ4v) is 1.80. The molecule has 1 aromatic carbocycles. The van der Waals surface area contributed by atoms with Gasteiger partial charge in [-0.2, -0.15) is 4.98 Å². The highest BCUT2D eigenvalue weighted by Gasteiger charge is 2.11. The molecule has 0 spiro atoms. The van der Waals surface area contributed by atoms with Gasteiger partial charge in [-0.25, -0.2) is 4.98 Å². The van der Waals surface area contributed by atoms with Crippen molar-refractivity contribution in [2.24, 2.45) is 0 Å². The molecule has 2 aromatic heterocycles. The molecule has 88 valence electrons. The molecule has 0 aliphatic rings. The highest BCUT2D eigenvalue weighted by atomic mass is 16.1. The summed E-state index contributed by atoms with van der Waals surface area (Å²) in [6.45, 7) is 0. The van der Waals surface area contributed by atoms with Crippen molar-refractivity contribution in [3.8, 4) is 0 Å². The minimum Gasteiger partial charge on any atom is -0.369 e. The lowest BCUT2D eigenvalue weighted by Gasteiger charge is -2.00. The van der Waals surface area contributed by atoms with Crippen LogP contribution in [0.3, 0.4) is 0 Å². The molecule has 18 heavy (non-hydrogen) atoms.